The van der Waals surface area contributed by atoms with Crippen molar-refractivity contribution in [3.8, 4) is 6.07 Å². The second kappa shape index (κ2) is 4.04. The minimum atomic E-state index is -0.667. The Morgan fingerprint density at radius 1 is 1.27 bits per heavy atom. The summed E-state index contributed by atoms with van der Waals surface area (Å²) in [5.41, 5.74) is 0.291. The number of rotatable bonds is 1. The summed E-state index contributed by atoms with van der Waals surface area (Å²) < 4.78 is 0. The van der Waals surface area contributed by atoms with Crippen LogP contribution >= 0.6 is 0 Å². The van der Waals surface area contributed by atoms with E-state index in [0.29, 0.717) is 0 Å². The van der Waals surface area contributed by atoms with E-state index in [2.05, 4.69) is 6.07 Å². The summed E-state index contributed by atoms with van der Waals surface area (Å²) in [6.07, 6.45) is 3.05. The van der Waals surface area contributed by atoms with Gasteiger partial charge in [0.15, 0.2) is 0 Å². The normalized spacial score (nSPS) is 30.8. The van der Waals surface area contributed by atoms with Crippen molar-refractivity contribution in [2.75, 3.05) is 0 Å². The molecule has 0 bridgehead atoms. The molecule has 2 atom stereocenters. The van der Waals surface area contributed by atoms with Crippen molar-refractivity contribution in [2.45, 2.75) is 37.2 Å². The molecule has 1 aromatic carbocycles. The topological polar surface area (TPSA) is 44.0 Å². The van der Waals surface area contributed by atoms with Gasteiger partial charge in [0, 0.05) is 0 Å². The highest BCUT2D eigenvalue weighted by Crippen LogP contribution is 2.38. The summed E-state index contributed by atoms with van der Waals surface area (Å²) in [7, 11) is 0. The van der Waals surface area contributed by atoms with Crippen molar-refractivity contribution in [3.63, 3.8) is 0 Å². The molecule has 1 fully saturated rings. The van der Waals surface area contributed by atoms with Crippen LogP contribution in [0.25, 0.3) is 0 Å². The Morgan fingerprint density at radius 2 is 2.00 bits per heavy atom. The third-order valence-electron chi connectivity index (χ3n) is 3.36. The summed E-state index contributed by atoms with van der Waals surface area (Å²) >= 11 is 0. The van der Waals surface area contributed by atoms with Gasteiger partial charge in [0.25, 0.3) is 0 Å². The lowest BCUT2D eigenvalue weighted by Gasteiger charge is -2.36. The Balaban J connectivity index is 2.41. The zero-order valence-electron chi connectivity index (χ0n) is 8.69. The van der Waals surface area contributed by atoms with Gasteiger partial charge in [0.05, 0.1) is 12.2 Å². The zero-order chi connectivity index (χ0) is 10.7. The first-order valence-electron chi connectivity index (χ1n) is 5.44. The van der Waals surface area contributed by atoms with Gasteiger partial charge in [-0.2, -0.15) is 5.26 Å². The molecule has 1 N–H and O–H groups in total. The molecule has 2 unspecified atom stereocenters. The van der Waals surface area contributed by atoms with E-state index in [1.54, 1.807) is 0 Å². The number of aliphatic hydroxyl groups excluding tert-OH is 1. The van der Waals surface area contributed by atoms with Crippen molar-refractivity contribution in [1.82, 2.24) is 0 Å². The molecular weight excluding hydrogens is 186 g/mol. The highest BCUT2D eigenvalue weighted by molar-refractivity contribution is 5.34. The highest BCUT2D eigenvalue weighted by atomic mass is 16.3. The maximum Gasteiger partial charge on any atom is 0.108 e. The molecule has 2 heteroatoms. The first-order chi connectivity index (χ1) is 7.29. The van der Waals surface area contributed by atoms with Gasteiger partial charge in [-0.1, -0.05) is 43.2 Å². The lowest BCUT2D eigenvalue weighted by molar-refractivity contribution is 0.0719. The molecule has 2 rings (SSSR count). The lowest BCUT2D eigenvalue weighted by Crippen LogP contribution is -2.40. The molecular formula is C13H15NO. The minimum absolute atomic E-state index is 0.515. The van der Waals surface area contributed by atoms with Gasteiger partial charge >= 0.3 is 0 Å². The van der Waals surface area contributed by atoms with E-state index >= 15 is 0 Å². The van der Waals surface area contributed by atoms with E-state index in [1.165, 1.54) is 0 Å². The van der Waals surface area contributed by atoms with E-state index in [0.717, 1.165) is 31.2 Å². The van der Waals surface area contributed by atoms with Crippen molar-refractivity contribution in [3.05, 3.63) is 35.9 Å². The van der Waals surface area contributed by atoms with E-state index < -0.39 is 11.5 Å². The highest BCUT2D eigenvalue weighted by Gasteiger charge is 2.41. The third kappa shape index (κ3) is 1.64. The number of nitriles is 1. The zero-order valence-corrected chi connectivity index (χ0v) is 8.69. The van der Waals surface area contributed by atoms with Crippen LogP contribution in [0.5, 0.6) is 0 Å². The summed E-state index contributed by atoms with van der Waals surface area (Å²) in [5, 5.41) is 19.4. The van der Waals surface area contributed by atoms with Crippen LogP contribution < -0.4 is 0 Å². The van der Waals surface area contributed by atoms with E-state index in [-0.39, 0.29) is 0 Å². The van der Waals surface area contributed by atoms with Crippen molar-refractivity contribution < 1.29 is 5.11 Å². The van der Waals surface area contributed by atoms with Gasteiger partial charge < -0.3 is 5.11 Å². The van der Waals surface area contributed by atoms with Crippen LogP contribution in [-0.4, -0.2) is 11.2 Å². The maximum absolute atomic E-state index is 10.1. The SMILES string of the molecule is N#CC1(c2ccccc2)CCCCC1O. The van der Waals surface area contributed by atoms with Crippen molar-refractivity contribution >= 4 is 0 Å². The van der Waals surface area contributed by atoms with Crippen LogP contribution in [0.2, 0.25) is 0 Å². The number of nitrogens with zero attached hydrogens (tertiary/aromatic N) is 1. The summed E-state index contributed by atoms with van der Waals surface area (Å²) in [5.74, 6) is 0. The fourth-order valence-electron chi connectivity index (χ4n) is 2.42. The van der Waals surface area contributed by atoms with Crippen molar-refractivity contribution in [2.24, 2.45) is 0 Å². The Morgan fingerprint density at radius 3 is 2.60 bits per heavy atom. The standard InChI is InChI=1S/C13H15NO/c14-10-13(9-5-4-8-12(13)15)11-6-2-1-3-7-11/h1-3,6-7,12,15H,4-5,8-9H2. The molecule has 2 nitrogen and oxygen atoms in total. The van der Waals surface area contributed by atoms with Crippen LogP contribution in [0, 0.1) is 11.3 Å². The smallest absolute Gasteiger partial charge is 0.108 e. The molecule has 0 heterocycles. The Kier molecular flexibility index (Phi) is 2.75. The van der Waals surface area contributed by atoms with Crippen LogP contribution in [0.4, 0.5) is 0 Å². The van der Waals surface area contributed by atoms with Gasteiger partial charge in [-0.3, -0.25) is 0 Å². The Bertz CT molecular complexity index is 368. The molecule has 1 saturated carbocycles. The monoisotopic (exact) mass is 201 g/mol. The maximum atomic E-state index is 10.1. The second-order valence-electron chi connectivity index (χ2n) is 4.21. The van der Waals surface area contributed by atoms with Crippen LogP contribution in [0.1, 0.15) is 31.2 Å². The number of hydrogen-bond acceptors (Lipinski definition) is 2. The number of benzene rings is 1. The van der Waals surface area contributed by atoms with Crippen LogP contribution in [0.15, 0.2) is 30.3 Å². The molecule has 78 valence electrons. The average Bonchev–Trinajstić information content (AvgIpc) is 2.31. The summed E-state index contributed by atoms with van der Waals surface area (Å²) in [4.78, 5) is 0. The quantitative estimate of drug-likeness (QED) is 0.758. The molecule has 0 saturated heterocycles. The second-order valence-corrected chi connectivity index (χ2v) is 4.21. The largest absolute Gasteiger partial charge is 0.391 e. The molecule has 0 radical (unpaired) electrons. The Hall–Kier alpha value is -1.33. The molecule has 1 aliphatic carbocycles. The fraction of sp³-hybridized carbons (Fsp3) is 0.462. The molecule has 0 spiro atoms. The van der Waals surface area contributed by atoms with Gasteiger partial charge in [0.2, 0.25) is 0 Å². The predicted molar refractivity (Wildman–Crippen MR) is 58.2 cm³/mol. The van der Waals surface area contributed by atoms with Gasteiger partial charge in [-0.25, -0.2) is 0 Å². The first kappa shape index (κ1) is 10.2. The van der Waals surface area contributed by atoms with Crippen LogP contribution in [0.3, 0.4) is 0 Å². The molecule has 0 aliphatic heterocycles. The Labute approximate surface area is 90.2 Å². The van der Waals surface area contributed by atoms with Gasteiger partial charge in [0.1, 0.15) is 5.41 Å². The number of hydrogen-bond donors (Lipinski definition) is 1. The van der Waals surface area contributed by atoms with E-state index in [9.17, 15) is 10.4 Å². The predicted octanol–water partition coefficient (Wildman–Crippen LogP) is 2.38. The minimum Gasteiger partial charge on any atom is -0.391 e. The average molecular weight is 201 g/mol. The van der Waals surface area contributed by atoms with Crippen LogP contribution in [-0.2, 0) is 5.41 Å². The van der Waals surface area contributed by atoms with E-state index in [4.69, 9.17) is 0 Å². The third-order valence-corrected chi connectivity index (χ3v) is 3.36. The van der Waals surface area contributed by atoms with Gasteiger partial charge in [-0.15, -0.1) is 0 Å². The lowest BCUT2D eigenvalue weighted by atomic mass is 9.68. The molecule has 0 amide bonds. The van der Waals surface area contributed by atoms with E-state index in [1.807, 2.05) is 30.3 Å². The summed E-state index contributed by atoms with van der Waals surface area (Å²) in [6.45, 7) is 0. The molecule has 1 aromatic rings. The number of aliphatic hydroxyl groups is 1. The van der Waals surface area contributed by atoms with Gasteiger partial charge in [-0.05, 0) is 18.4 Å². The molecule has 0 aromatic heterocycles. The first-order valence-corrected chi connectivity index (χ1v) is 5.44. The summed E-state index contributed by atoms with van der Waals surface area (Å²) in [6, 6.07) is 12.0. The molecule has 1 aliphatic rings. The van der Waals surface area contributed by atoms with Crippen molar-refractivity contribution in [1.29, 1.82) is 5.26 Å². The molecule has 15 heavy (non-hydrogen) atoms. The fourth-order valence-corrected chi connectivity index (χ4v) is 2.42.